The molecule has 0 spiro atoms. The molecular formula is C16H30O3. The van der Waals surface area contributed by atoms with Crippen molar-refractivity contribution in [2.24, 2.45) is 0 Å². The highest BCUT2D eigenvalue weighted by molar-refractivity contribution is 5.59. The lowest BCUT2D eigenvalue weighted by Crippen LogP contribution is -2.08. The third-order valence-electron chi connectivity index (χ3n) is 3.04. The molecular weight excluding hydrogens is 240 g/mol. The lowest BCUT2D eigenvalue weighted by molar-refractivity contribution is 0.0620. The quantitative estimate of drug-likeness (QED) is 0.260. The Bertz CT molecular complexity index is 214. The molecule has 0 saturated heterocycles. The Morgan fingerprint density at radius 2 is 1.42 bits per heavy atom. The molecule has 0 heterocycles. The number of carbonyl (C=O) groups excluding carboxylic acids is 1. The van der Waals surface area contributed by atoms with Crippen LogP contribution in [0.15, 0.2) is 12.7 Å². The van der Waals surface area contributed by atoms with Crippen molar-refractivity contribution >= 4 is 6.16 Å². The van der Waals surface area contributed by atoms with Crippen LogP contribution in [-0.2, 0) is 9.47 Å². The van der Waals surface area contributed by atoms with Crippen molar-refractivity contribution in [3.8, 4) is 0 Å². The standard InChI is InChI=1S/C16H30O3/c1-3-5-6-7-8-9-10-11-12-13-15-19-16(17)18-14-4-2/h4H,2-3,5-15H2,1H3. The maximum absolute atomic E-state index is 11.0. The smallest absolute Gasteiger partial charge is 0.434 e. The van der Waals surface area contributed by atoms with Crippen LogP contribution in [-0.4, -0.2) is 19.4 Å². The van der Waals surface area contributed by atoms with Gasteiger partial charge in [0.15, 0.2) is 0 Å². The normalized spacial score (nSPS) is 10.2. The maximum atomic E-state index is 11.0. The van der Waals surface area contributed by atoms with Crippen molar-refractivity contribution in [3.05, 3.63) is 12.7 Å². The van der Waals surface area contributed by atoms with Crippen LogP contribution in [0.5, 0.6) is 0 Å². The third-order valence-corrected chi connectivity index (χ3v) is 3.04. The van der Waals surface area contributed by atoms with Gasteiger partial charge in [-0.05, 0) is 6.42 Å². The molecule has 0 unspecified atom stereocenters. The highest BCUT2D eigenvalue weighted by Gasteiger charge is 2.01. The minimum Gasteiger partial charge on any atom is -0.434 e. The molecule has 0 aliphatic carbocycles. The predicted octanol–water partition coefficient (Wildman–Crippen LogP) is 5.25. The van der Waals surface area contributed by atoms with Gasteiger partial charge in [0.1, 0.15) is 6.61 Å². The van der Waals surface area contributed by atoms with Gasteiger partial charge in [-0.3, -0.25) is 0 Å². The minimum absolute atomic E-state index is 0.219. The summed E-state index contributed by atoms with van der Waals surface area (Å²) in [6.45, 7) is 6.39. The molecule has 0 aromatic heterocycles. The first-order chi connectivity index (χ1) is 9.31. The zero-order chi connectivity index (χ0) is 14.2. The van der Waals surface area contributed by atoms with Crippen molar-refractivity contribution in [1.29, 1.82) is 0 Å². The number of unbranched alkanes of at least 4 members (excludes halogenated alkanes) is 9. The second-order valence-electron chi connectivity index (χ2n) is 4.88. The summed E-state index contributed by atoms with van der Waals surface area (Å²) in [5.74, 6) is 0. The lowest BCUT2D eigenvalue weighted by Gasteiger charge is -2.04. The summed E-state index contributed by atoms with van der Waals surface area (Å²) in [6, 6.07) is 0. The molecule has 0 rings (SSSR count). The van der Waals surface area contributed by atoms with Gasteiger partial charge < -0.3 is 9.47 Å². The van der Waals surface area contributed by atoms with Gasteiger partial charge in [-0.2, -0.15) is 0 Å². The Hall–Kier alpha value is -0.990. The van der Waals surface area contributed by atoms with E-state index >= 15 is 0 Å². The first kappa shape index (κ1) is 18.0. The Morgan fingerprint density at radius 3 is 1.95 bits per heavy atom. The maximum Gasteiger partial charge on any atom is 0.508 e. The van der Waals surface area contributed by atoms with Crippen molar-refractivity contribution in [3.63, 3.8) is 0 Å². The van der Waals surface area contributed by atoms with Gasteiger partial charge in [-0.1, -0.05) is 77.4 Å². The molecule has 0 aliphatic rings. The summed E-state index contributed by atoms with van der Waals surface area (Å²) in [5, 5.41) is 0. The molecule has 3 heteroatoms. The Labute approximate surface area is 118 Å². The van der Waals surface area contributed by atoms with E-state index in [0.717, 1.165) is 12.8 Å². The van der Waals surface area contributed by atoms with Gasteiger partial charge in [-0.25, -0.2) is 4.79 Å². The lowest BCUT2D eigenvalue weighted by atomic mass is 10.1. The van der Waals surface area contributed by atoms with Crippen molar-refractivity contribution < 1.29 is 14.3 Å². The minimum atomic E-state index is -0.587. The summed E-state index contributed by atoms with van der Waals surface area (Å²) in [4.78, 5) is 11.0. The number of hydrogen-bond donors (Lipinski definition) is 0. The zero-order valence-corrected chi connectivity index (χ0v) is 12.5. The van der Waals surface area contributed by atoms with E-state index in [1.807, 2.05) is 0 Å². The highest BCUT2D eigenvalue weighted by atomic mass is 16.7. The monoisotopic (exact) mass is 270 g/mol. The van der Waals surface area contributed by atoms with Gasteiger partial charge in [-0.15, -0.1) is 0 Å². The first-order valence-electron chi connectivity index (χ1n) is 7.71. The van der Waals surface area contributed by atoms with E-state index in [2.05, 4.69) is 13.5 Å². The molecule has 0 radical (unpaired) electrons. The summed E-state index contributed by atoms with van der Waals surface area (Å²) in [5.41, 5.74) is 0. The SMILES string of the molecule is C=CCOC(=O)OCCCCCCCCCCCC. The van der Waals surface area contributed by atoms with Crippen LogP contribution in [0.3, 0.4) is 0 Å². The molecule has 3 nitrogen and oxygen atoms in total. The zero-order valence-electron chi connectivity index (χ0n) is 12.5. The van der Waals surface area contributed by atoms with Gasteiger partial charge in [0.05, 0.1) is 6.61 Å². The van der Waals surface area contributed by atoms with E-state index in [4.69, 9.17) is 9.47 Å². The Balaban J connectivity index is 3.06. The van der Waals surface area contributed by atoms with E-state index in [9.17, 15) is 4.79 Å². The summed E-state index contributed by atoms with van der Waals surface area (Å²) in [6.07, 6.45) is 13.7. The number of rotatable bonds is 13. The van der Waals surface area contributed by atoms with E-state index in [0.29, 0.717) is 6.61 Å². The van der Waals surface area contributed by atoms with Gasteiger partial charge in [0.2, 0.25) is 0 Å². The Morgan fingerprint density at radius 1 is 0.895 bits per heavy atom. The second-order valence-corrected chi connectivity index (χ2v) is 4.88. The highest BCUT2D eigenvalue weighted by Crippen LogP contribution is 2.10. The number of ether oxygens (including phenoxy) is 2. The fourth-order valence-corrected chi connectivity index (χ4v) is 1.91. The van der Waals surface area contributed by atoms with E-state index in [1.54, 1.807) is 0 Å². The van der Waals surface area contributed by atoms with Crippen LogP contribution in [0.4, 0.5) is 4.79 Å². The largest absolute Gasteiger partial charge is 0.508 e. The van der Waals surface area contributed by atoms with Crippen LogP contribution in [0.1, 0.15) is 71.1 Å². The second kappa shape index (κ2) is 15.1. The fraction of sp³-hybridized carbons (Fsp3) is 0.812. The molecule has 0 N–H and O–H groups in total. The van der Waals surface area contributed by atoms with Crippen molar-refractivity contribution in [1.82, 2.24) is 0 Å². The fourth-order valence-electron chi connectivity index (χ4n) is 1.91. The van der Waals surface area contributed by atoms with Gasteiger partial charge >= 0.3 is 6.16 Å². The number of hydrogen-bond acceptors (Lipinski definition) is 3. The van der Waals surface area contributed by atoms with Crippen molar-refractivity contribution in [2.75, 3.05) is 13.2 Å². The topological polar surface area (TPSA) is 35.5 Å². The molecule has 0 aromatic rings. The van der Waals surface area contributed by atoms with Gasteiger partial charge in [0.25, 0.3) is 0 Å². The van der Waals surface area contributed by atoms with Crippen LogP contribution in [0.2, 0.25) is 0 Å². The van der Waals surface area contributed by atoms with E-state index in [1.165, 1.54) is 57.4 Å². The van der Waals surface area contributed by atoms with Crippen LogP contribution < -0.4 is 0 Å². The van der Waals surface area contributed by atoms with Gasteiger partial charge in [0, 0.05) is 0 Å². The van der Waals surface area contributed by atoms with Crippen molar-refractivity contribution in [2.45, 2.75) is 71.1 Å². The average molecular weight is 270 g/mol. The molecule has 0 aromatic carbocycles. The van der Waals surface area contributed by atoms with E-state index < -0.39 is 6.16 Å². The molecule has 0 amide bonds. The molecule has 0 aliphatic heterocycles. The molecule has 0 bridgehead atoms. The average Bonchev–Trinajstić information content (AvgIpc) is 2.42. The third kappa shape index (κ3) is 15.0. The van der Waals surface area contributed by atoms with Crippen LogP contribution in [0, 0.1) is 0 Å². The van der Waals surface area contributed by atoms with E-state index in [-0.39, 0.29) is 6.61 Å². The number of carbonyl (C=O) groups is 1. The Kier molecular flexibility index (Phi) is 14.3. The molecule has 0 saturated carbocycles. The summed E-state index contributed by atoms with van der Waals surface area (Å²) < 4.78 is 9.61. The summed E-state index contributed by atoms with van der Waals surface area (Å²) >= 11 is 0. The van der Waals surface area contributed by atoms with Crippen LogP contribution in [0.25, 0.3) is 0 Å². The molecule has 112 valence electrons. The summed E-state index contributed by atoms with van der Waals surface area (Å²) in [7, 11) is 0. The molecule has 0 fully saturated rings. The first-order valence-corrected chi connectivity index (χ1v) is 7.71. The van der Waals surface area contributed by atoms with Crippen LogP contribution >= 0.6 is 0 Å². The molecule has 0 atom stereocenters. The predicted molar refractivity (Wildman–Crippen MR) is 79.3 cm³/mol. The molecule has 19 heavy (non-hydrogen) atoms.